The number of hydrogen-bond acceptors (Lipinski definition) is 3. The van der Waals surface area contributed by atoms with Crippen molar-refractivity contribution in [1.29, 1.82) is 0 Å². The maximum atomic E-state index is 6.31. The van der Waals surface area contributed by atoms with Crippen molar-refractivity contribution < 1.29 is 0 Å². The Balaban J connectivity index is 1.84. The number of nitrogens with zero attached hydrogens (tertiary/aromatic N) is 3. The van der Waals surface area contributed by atoms with Crippen molar-refractivity contribution in [2.75, 3.05) is 0 Å². The first-order chi connectivity index (χ1) is 11.7. The summed E-state index contributed by atoms with van der Waals surface area (Å²) in [5.74, 6) is 0.628. The molecule has 24 heavy (non-hydrogen) atoms. The normalized spacial score (nSPS) is 10.9. The van der Waals surface area contributed by atoms with Gasteiger partial charge in [-0.1, -0.05) is 54.1 Å². The zero-order chi connectivity index (χ0) is 16.5. The molecule has 0 atom stereocenters. The number of para-hydroxylation sites is 1. The van der Waals surface area contributed by atoms with Gasteiger partial charge in [0.2, 0.25) is 0 Å². The van der Waals surface area contributed by atoms with E-state index in [0.717, 1.165) is 22.6 Å². The second-order valence-electron chi connectivity index (χ2n) is 5.17. The lowest BCUT2D eigenvalue weighted by molar-refractivity contribution is 1.02. The van der Waals surface area contributed by atoms with Gasteiger partial charge in [0.25, 0.3) is 0 Å². The van der Waals surface area contributed by atoms with Gasteiger partial charge >= 0.3 is 0 Å². The molecule has 0 aliphatic rings. The summed E-state index contributed by atoms with van der Waals surface area (Å²) in [4.78, 5) is 0. The maximum Gasteiger partial charge on any atom is 0.200 e. The van der Waals surface area contributed by atoms with Crippen molar-refractivity contribution in [3.05, 3.63) is 70.5 Å². The lowest BCUT2D eigenvalue weighted by Crippen LogP contribution is -1.98. The summed E-state index contributed by atoms with van der Waals surface area (Å²) < 4.78 is 2.26. The van der Waals surface area contributed by atoms with Crippen LogP contribution in [0.1, 0.15) is 0 Å². The monoisotopic (exact) mass is 353 g/mol. The lowest BCUT2D eigenvalue weighted by Gasteiger charge is -2.07. The third-order valence-corrected chi connectivity index (χ3v) is 4.25. The van der Waals surface area contributed by atoms with Gasteiger partial charge in [-0.05, 0) is 30.4 Å². The van der Waals surface area contributed by atoms with E-state index >= 15 is 0 Å². The van der Waals surface area contributed by atoms with Crippen molar-refractivity contribution in [2.24, 2.45) is 0 Å². The van der Waals surface area contributed by atoms with E-state index in [-0.39, 0.29) is 0 Å². The molecule has 0 radical (unpaired) electrons. The van der Waals surface area contributed by atoms with Gasteiger partial charge in [-0.25, -0.2) is 0 Å². The molecule has 7 heteroatoms. The Kier molecular flexibility index (Phi) is 3.76. The average Bonchev–Trinajstić information content (AvgIpc) is 3.23. The highest BCUT2D eigenvalue weighted by Gasteiger charge is 2.15. The Morgan fingerprint density at radius 3 is 2.46 bits per heavy atom. The molecule has 0 aliphatic heterocycles. The number of H-pyrrole nitrogens is 2. The van der Waals surface area contributed by atoms with Crippen LogP contribution in [0.15, 0.2) is 60.7 Å². The number of aromatic amines is 2. The summed E-state index contributed by atoms with van der Waals surface area (Å²) in [6, 6.07) is 19.4. The summed E-state index contributed by atoms with van der Waals surface area (Å²) in [7, 11) is 0. The second kappa shape index (κ2) is 6.07. The molecule has 0 aliphatic carbocycles. The summed E-state index contributed by atoms with van der Waals surface area (Å²) in [6.07, 6.45) is 0. The standard InChI is InChI=1S/C17H12ClN5S/c18-12-8-4-5-9-15(12)23-16(21-22-17(23)24)14-10-13(19-20-14)11-6-2-1-3-7-11/h1-10H,(H,19,20)(H,22,24). The smallest absolute Gasteiger partial charge is 0.200 e. The molecule has 0 saturated carbocycles. The molecule has 0 unspecified atom stereocenters. The van der Waals surface area contributed by atoms with Crippen molar-refractivity contribution >= 4 is 23.8 Å². The summed E-state index contributed by atoms with van der Waals surface area (Å²) in [5.41, 5.74) is 3.38. The predicted octanol–water partition coefficient (Wildman–Crippen LogP) is 4.64. The van der Waals surface area contributed by atoms with Gasteiger partial charge in [0.05, 0.1) is 16.4 Å². The molecular weight excluding hydrogens is 342 g/mol. The Hall–Kier alpha value is -2.70. The van der Waals surface area contributed by atoms with Gasteiger partial charge in [-0.3, -0.25) is 14.8 Å². The molecular formula is C17H12ClN5S. The van der Waals surface area contributed by atoms with E-state index in [1.54, 1.807) is 4.57 Å². The number of aromatic nitrogens is 5. The Labute approximate surface area is 147 Å². The molecule has 2 aromatic carbocycles. The molecule has 0 fully saturated rings. The Morgan fingerprint density at radius 2 is 1.67 bits per heavy atom. The van der Waals surface area contributed by atoms with Gasteiger partial charge in [-0.15, -0.1) is 0 Å². The van der Waals surface area contributed by atoms with E-state index in [0.29, 0.717) is 15.6 Å². The van der Waals surface area contributed by atoms with Crippen LogP contribution in [-0.2, 0) is 0 Å². The fourth-order valence-corrected chi connectivity index (χ4v) is 2.98. The van der Waals surface area contributed by atoms with Crippen LogP contribution < -0.4 is 0 Å². The lowest BCUT2D eigenvalue weighted by atomic mass is 10.1. The van der Waals surface area contributed by atoms with Crippen LogP contribution in [0.3, 0.4) is 0 Å². The summed E-state index contributed by atoms with van der Waals surface area (Å²) >= 11 is 11.7. The Morgan fingerprint density at radius 1 is 0.917 bits per heavy atom. The van der Waals surface area contributed by atoms with E-state index in [1.807, 2.05) is 60.7 Å². The zero-order valence-corrected chi connectivity index (χ0v) is 14.0. The third kappa shape index (κ3) is 2.55. The van der Waals surface area contributed by atoms with Gasteiger partial charge in [0.1, 0.15) is 5.69 Å². The molecule has 2 N–H and O–H groups in total. The molecule has 4 aromatic rings. The number of rotatable bonds is 3. The first-order valence-corrected chi connectivity index (χ1v) is 8.06. The molecule has 2 aromatic heterocycles. The molecule has 118 valence electrons. The van der Waals surface area contributed by atoms with Crippen LogP contribution in [0.2, 0.25) is 5.02 Å². The van der Waals surface area contributed by atoms with Crippen molar-refractivity contribution in [3.8, 4) is 28.5 Å². The van der Waals surface area contributed by atoms with E-state index in [4.69, 9.17) is 23.8 Å². The van der Waals surface area contributed by atoms with Crippen molar-refractivity contribution in [3.63, 3.8) is 0 Å². The summed E-state index contributed by atoms with van der Waals surface area (Å²) in [5, 5.41) is 15.1. The van der Waals surface area contributed by atoms with Gasteiger partial charge < -0.3 is 0 Å². The summed E-state index contributed by atoms with van der Waals surface area (Å²) in [6.45, 7) is 0. The average molecular weight is 354 g/mol. The highest BCUT2D eigenvalue weighted by atomic mass is 35.5. The third-order valence-electron chi connectivity index (χ3n) is 3.65. The minimum atomic E-state index is 0.467. The van der Waals surface area contributed by atoms with E-state index in [9.17, 15) is 0 Å². The van der Waals surface area contributed by atoms with Crippen LogP contribution in [-0.4, -0.2) is 25.0 Å². The number of halogens is 1. The maximum absolute atomic E-state index is 6.31. The first-order valence-electron chi connectivity index (χ1n) is 7.27. The predicted molar refractivity (Wildman–Crippen MR) is 96.8 cm³/mol. The van der Waals surface area contributed by atoms with Crippen molar-refractivity contribution in [2.45, 2.75) is 0 Å². The fraction of sp³-hybridized carbons (Fsp3) is 0. The fourth-order valence-electron chi connectivity index (χ4n) is 2.53. The van der Waals surface area contributed by atoms with E-state index in [1.165, 1.54) is 0 Å². The SMILES string of the molecule is S=c1[nH]nc(-c2cc(-c3ccccc3)n[nH]2)n1-c1ccccc1Cl. The van der Waals surface area contributed by atoms with Crippen LogP contribution in [0, 0.1) is 4.77 Å². The van der Waals surface area contributed by atoms with Gasteiger partial charge in [0, 0.05) is 5.56 Å². The molecule has 4 rings (SSSR count). The number of benzene rings is 2. The van der Waals surface area contributed by atoms with E-state index in [2.05, 4.69) is 20.4 Å². The van der Waals surface area contributed by atoms with E-state index < -0.39 is 0 Å². The molecule has 5 nitrogen and oxygen atoms in total. The zero-order valence-electron chi connectivity index (χ0n) is 12.4. The molecule has 0 amide bonds. The minimum absolute atomic E-state index is 0.467. The largest absolute Gasteiger partial charge is 0.274 e. The second-order valence-corrected chi connectivity index (χ2v) is 5.97. The van der Waals surface area contributed by atoms with Crippen molar-refractivity contribution in [1.82, 2.24) is 25.0 Å². The van der Waals surface area contributed by atoms with Crippen LogP contribution in [0.25, 0.3) is 28.5 Å². The quantitative estimate of drug-likeness (QED) is 0.527. The van der Waals surface area contributed by atoms with Crippen LogP contribution in [0.4, 0.5) is 0 Å². The van der Waals surface area contributed by atoms with Crippen LogP contribution >= 0.6 is 23.8 Å². The Bertz CT molecular complexity index is 1050. The molecule has 0 saturated heterocycles. The molecule has 0 bridgehead atoms. The first kappa shape index (κ1) is 14.9. The van der Waals surface area contributed by atoms with Crippen LogP contribution in [0.5, 0.6) is 0 Å². The minimum Gasteiger partial charge on any atom is -0.274 e. The topological polar surface area (TPSA) is 62.3 Å². The highest BCUT2D eigenvalue weighted by molar-refractivity contribution is 7.71. The highest BCUT2D eigenvalue weighted by Crippen LogP contribution is 2.27. The molecule has 2 heterocycles. The molecule has 0 spiro atoms. The van der Waals surface area contributed by atoms with Gasteiger partial charge in [0.15, 0.2) is 10.6 Å². The van der Waals surface area contributed by atoms with Gasteiger partial charge in [-0.2, -0.15) is 10.2 Å². The number of nitrogens with one attached hydrogen (secondary N) is 2. The number of hydrogen-bond donors (Lipinski definition) is 2.